The third-order valence-electron chi connectivity index (χ3n) is 2.30. The topological polar surface area (TPSA) is 79.3 Å². The van der Waals surface area contributed by atoms with Crippen LogP contribution in [-0.4, -0.2) is 28.5 Å². The summed E-state index contributed by atoms with van der Waals surface area (Å²) >= 11 is 0. The SMILES string of the molecule is O=C(O)CNC(=O)c1ccc2cnccc2c1. The molecule has 0 saturated carbocycles. The molecule has 86 valence electrons. The van der Waals surface area contributed by atoms with Gasteiger partial charge in [-0.3, -0.25) is 14.6 Å². The van der Waals surface area contributed by atoms with Crippen LogP contribution in [0, 0.1) is 0 Å². The van der Waals surface area contributed by atoms with Crippen LogP contribution in [0.2, 0.25) is 0 Å². The van der Waals surface area contributed by atoms with Crippen LogP contribution < -0.4 is 5.32 Å². The van der Waals surface area contributed by atoms with Crippen LogP contribution in [0.1, 0.15) is 10.4 Å². The van der Waals surface area contributed by atoms with Gasteiger partial charge in [0.1, 0.15) is 6.54 Å². The first-order valence-electron chi connectivity index (χ1n) is 5.00. The summed E-state index contributed by atoms with van der Waals surface area (Å²) in [5.74, 6) is -1.46. The third-order valence-corrected chi connectivity index (χ3v) is 2.30. The van der Waals surface area contributed by atoms with Crippen LogP contribution >= 0.6 is 0 Å². The average Bonchev–Trinajstić information content (AvgIpc) is 2.35. The van der Waals surface area contributed by atoms with Crippen molar-refractivity contribution in [3.05, 3.63) is 42.2 Å². The van der Waals surface area contributed by atoms with Crippen molar-refractivity contribution in [2.45, 2.75) is 0 Å². The fourth-order valence-electron chi connectivity index (χ4n) is 1.48. The molecule has 0 unspecified atom stereocenters. The van der Waals surface area contributed by atoms with Gasteiger partial charge in [-0.05, 0) is 23.6 Å². The quantitative estimate of drug-likeness (QED) is 0.826. The van der Waals surface area contributed by atoms with E-state index < -0.39 is 11.9 Å². The Bertz CT molecular complexity index is 581. The fourth-order valence-corrected chi connectivity index (χ4v) is 1.48. The molecule has 1 aromatic carbocycles. The van der Waals surface area contributed by atoms with Crippen molar-refractivity contribution >= 4 is 22.6 Å². The predicted molar refractivity (Wildman–Crippen MR) is 61.7 cm³/mol. The number of carbonyl (C=O) groups is 2. The molecule has 17 heavy (non-hydrogen) atoms. The highest BCUT2D eigenvalue weighted by molar-refractivity contribution is 5.99. The molecule has 0 aliphatic rings. The van der Waals surface area contributed by atoms with E-state index in [0.717, 1.165) is 10.8 Å². The summed E-state index contributed by atoms with van der Waals surface area (Å²) in [6, 6.07) is 6.91. The van der Waals surface area contributed by atoms with Crippen molar-refractivity contribution in [1.29, 1.82) is 0 Å². The van der Waals surface area contributed by atoms with Crippen molar-refractivity contribution in [3.63, 3.8) is 0 Å². The Morgan fingerprint density at radius 3 is 2.82 bits per heavy atom. The molecule has 0 aliphatic heterocycles. The summed E-state index contributed by atoms with van der Waals surface area (Å²) in [7, 11) is 0. The first-order valence-corrected chi connectivity index (χ1v) is 5.00. The zero-order valence-electron chi connectivity index (χ0n) is 8.88. The molecule has 0 bridgehead atoms. The maximum Gasteiger partial charge on any atom is 0.322 e. The number of hydrogen-bond donors (Lipinski definition) is 2. The van der Waals surface area contributed by atoms with Gasteiger partial charge >= 0.3 is 5.97 Å². The second-order valence-corrected chi connectivity index (χ2v) is 3.51. The molecule has 1 amide bonds. The number of carboxylic acid groups (broad SMARTS) is 1. The molecule has 1 heterocycles. The molecule has 0 radical (unpaired) electrons. The van der Waals surface area contributed by atoms with Gasteiger partial charge in [0, 0.05) is 23.3 Å². The molecule has 2 rings (SSSR count). The number of nitrogens with zero attached hydrogens (tertiary/aromatic N) is 1. The number of carbonyl (C=O) groups excluding carboxylic acids is 1. The van der Waals surface area contributed by atoms with E-state index in [1.165, 1.54) is 0 Å². The zero-order chi connectivity index (χ0) is 12.3. The zero-order valence-corrected chi connectivity index (χ0v) is 8.88. The molecule has 2 aromatic rings. The van der Waals surface area contributed by atoms with Gasteiger partial charge in [-0.15, -0.1) is 0 Å². The highest BCUT2D eigenvalue weighted by Crippen LogP contribution is 2.14. The number of rotatable bonds is 3. The lowest BCUT2D eigenvalue weighted by atomic mass is 10.1. The van der Waals surface area contributed by atoms with Crippen LogP contribution in [0.15, 0.2) is 36.7 Å². The molecule has 1 aromatic heterocycles. The summed E-state index contributed by atoms with van der Waals surface area (Å²) in [5.41, 5.74) is 0.435. The van der Waals surface area contributed by atoms with E-state index in [0.29, 0.717) is 5.56 Å². The number of carboxylic acids is 1. The van der Waals surface area contributed by atoms with Crippen LogP contribution in [0.4, 0.5) is 0 Å². The summed E-state index contributed by atoms with van der Waals surface area (Å²) in [4.78, 5) is 25.9. The van der Waals surface area contributed by atoms with Gasteiger partial charge in [0.25, 0.3) is 5.91 Å². The van der Waals surface area contributed by atoms with E-state index in [1.807, 2.05) is 0 Å². The molecule has 2 N–H and O–H groups in total. The fraction of sp³-hybridized carbons (Fsp3) is 0.0833. The van der Waals surface area contributed by atoms with Gasteiger partial charge in [-0.1, -0.05) is 6.07 Å². The number of nitrogens with one attached hydrogen (secondary N) is 1. The normalized spacial score (nSPS) is 10.1. The molecule has 0 spiro atoms. The Labute approximate surface area is 97.1 Å². The number of aromatic nitrogens is 1. The number of hydrogen-bond acceptors (Lipinski definition) is 3. The summed E-state index contributed by atoms with van der Waals surface area (Å²) < 4.78 is 0. The molecule has 5 heteroatoms. The van der Waals surface area contributed by atoms with Crippen molar-refractivity contribution < 1.29 is 14.7 Å². The average molecular weight is 230 g/mol. The Morgan fingerprint density at radius 1 is 1.24 bits per heavy atom. The van der Waals surface area contributed by atoms with Crippen molar-refractivity contribution in [2.24, 2.45) is 0 Å². The van der Waals surface area contributed by atoms with Gasteiger partial charge in [0.2, 0.25) is 0 Å². The van der Waals surface area contributed by atoms with E-state index in [4.69, 9.17) is 5.11 Å². The second kappa shape index (κ2) is 4.61. The number of amides is 1. The molecule has 5 nitrogen and oxygen atoms in total. The lowest BCUT2D eigenvalue weighted by molar-refractivity contribution is -0.135. The van der Waals surface area contributed by atoms with Gasteiger partial charge in [-0.2, -0.15) is 0 Å². The van der Waals surface area contributed by atoms with Crippen LogP contribution in [-0.2, 0) is 4.79 Å². The largest absolute Gasteiger partial charge is 0.480 e. The monoisotopic (exact) mass is 230 g/mol. The maximum atomic E-state index is 11.6. The van der Waals surface area contributed by atoms with Crippen molar-refractivity contribution in [1.82, 2.24) is 10.3 Å². The highest BCUT2D eigenvalue weighted by atomic mass is 16.4. The van der Waals surface area contributed by atoms with Crippen molar-refractivity contribution in [2.75, 3.05) is 6.54 Å². The summed E-state index contributed by atoms with van der Waals surface area (Å²) in [6.07, 6.45) is 3.34. The van der Waals surface area contributed by atoms with Crippen LogP contribution in [0.3, 0.4) is 0 Å². The van der Waals surface area contributed by atoms with E-state index in [-0.39, 0.29) is 6.54 Å². The number of benzene rings is 1. The van der Waals surface area contributed by atoms with E-state index in [1.54, 1.807) is 36.7 Å². The Morgan fingerprint density at radius 2 is 2.06 bits per heavy atom. The minimum absolute atomic E-state index is 0.382. The number of fused-ring (bicyclic) bond motifs is 1. The minimum atomic E-state index is -1.07. The minimum Gasteiger partial charge on any atom is -0.480 e. The molecule has 0 saturated heterocycles. The molecule has 0 atom stereocenters. The lowest BCUT2D eigenvalue weighted by Gasteiger charge is -2.03. The van der Waals surface area contributed by atoms with Gasteiger partial charge in [0.05, 0.1) is 0 Å². The number of aliphatic carboxylic acids is 1. The lowest BCUT2D eigenvalue weighted by Crippen LogP contribution is -2.29. The standard InChI is InChI=1S/C12H10N2O3/c15-11(16)7-14-12(17)9-1-2-10-6-13-4-3-8(10)5-9/h1-6H,7H2,(H,14,17)(H,15,16). The van der Waals surface area contributed by atoms with Crippen LogP contribution in [0.5, 0.6) is 0 Å². The van der Waals surface area contributed by atoms with E-state index in [9.17, 15) is 9.59 Å². The van der Waals surface area contributed by atoms with Gasteiger partial charge in [0.15, 0.2) is 0 Å². The number of pyridine rings is 1. The first kappa shape index (κ1) is 11.1. The summed E-state index contributed by atoms with van der Waals surface area (Å²) in [6.45, 7) is -0.382. The molecule has 0 fully saturated rings. The van der Waals surface area contributed by atoms with Gasteiger partial charge < -0.3 is 10.4 Å². The maximum absolute atomic E-state index is 11.6. The van der Waals surface area contributed by atoms with Crippen LogP contribution in [0.25, 0.3) is 10.8 Å². The molecule has 0 aliphatic carbocycles. The first-order chi connectivity index (χ1) is 8.16. The molecular weight excluding hydrogens is 220 g/mol. The van der Waals surface area contributed by atoms with Crippen molar-refractivity contribution in [3.8, 4) is 0 Å². The highest BCUT2D eigenvalue weighted by Gasteiger charge is 2.07. The Kier molecular flexibility index (Phi) is 3.00. The van der Waals surface area contributed by atoms with E-state index >= 15 is 0 Å². The predicted octanol–water partition coefficient (Wildman–Crippen LogP) is 1.05. The third kappa shape index (κ3) is 2.57. The Balaban J connectivity index is 2.24. The second-order valence-electron chi connectivity index (χ2n) is 3.51. The Hall–Kier alpha value is -2.43. The van der Waals surface area contributed by atoms with Gasteiger partial charge in [-0.25, -0.2) is 0 Å². The molecular formula is C12H10N2O3. The van der Waals surface area contributed by atoms with E-state index in [2.05, 4.69) is 10.3 Å². The smallest absolute Gasteiger partial charge is 0.322 e. The summed E-state index contributed by atoms with van der Waals surface area (Å²) in [5, 5.41) is 12.6.